The van der Waals surface area contributed by atoms with Crippen molar-refractivity contribution in [3.05, 3.63) is 89.0 Å². The third kappa shape index (κ3) is 7.60. The summed E-state index contributed by atoms with van der Waals surface area (Å²) in [4.78, 5) is 36.0. The lowest BCUT2D eigenvalue weighted by molar-refractivity contribution is -0.123. The number of benzene rings is 3. The van der Waals surface area contributed by atoms with Gasteiger partial charge in [0, 0.05) is 17.8 Å². The predicted molar refractivity (Wildman–Crippen MR) is 132 cm³/mol. The number of hydrogen-bond acceptors (Lipinski definition) is 6. The van der Waals surface area contributed by atoms with Crippen molar-refractivity contribution in [2.24, 2.45) is 0 Å². The Hall–Kier alpha value is -4.33. The fraction of sp³-hybridized carbons (Fsp3) is 0.222. The van der Waals surface area contributed by atoms with Gasteiger partial charge in [-0.2, -0.15) is 0 Å². The maximum atomic E-state index is 12.5. The van der Waals surface area contributed by atoms with Crippen LogP contribution in [-0.2, 0) is 16.1 Å². The van der Waals surface area contributed by atoms with Crippen LogP contribution in [-0.4, -0.2) is 31.2 Å². The van der Waals surface area contributed by atoms with Crippen LogP contribution in [0.3, 0.4) is 0 Å². The van der Waals surface area contributed by atoms with E-state index in [4.69, 9.17) is 14.2 Å². The Morgan fingerprint density at radius 1 is 0.886 bits per heavy atom. The quantitative estimate of drug-likeness (QED) is 0.340. The summed E-state index contributed by atoms with van der Waals surface area (Å²) in [5, 5.41) is 5.62. The number of nitrogens with one attached hydrogen (secondary N) is 2. The van der Waals surface area contributed by atoms with Gasteiger partial charge in [-0.25, -0.2) is 4.79 Å². The first-order chi connectivity index (χ1) is 16.9. The normalized spacial score (nSPS) is 10.3. The Labute approximate surface area is 204 Å². The summed E-state index contributed by atoms with van der Waals surface area (Å²) < 4.78 is 15.3. The minimum Gasteiger partial charge on any atom is -0.483 e. The van der Waals surface area contributed by atoms with E-state index in [1.807, 2.05) is 44.2 Å². The number of rotatable bonds is 9. The highest BCUT2D eigenvalue weighted by atomic mass is 16.7. The fourth-order valence-corrected chi connectivity index (χ4v) is 3.10. The molecule has 8 heteroatoms. The van der Waals surface area contributed by atoms with E-state index in [2.05, 4.69) is 10.6 Å². The molecule has 3 aromatic carbocycles. The summed E-state index contributed by atoms with van der Waals surface area (Å²) in [6.07, 6.45) is -0.796. The topological polar surface area (TPSA) is 103 Å². The van der Waals surface area contributed by atoms with E-state index in [0.717, 1.165) is 16.7 Å². The second kappa shape index (κ2) is 12.2. The molecule has 0 atom stereocenters. The largest absolute Gasteiger partial charge is 0.513 e. The maximum Gasteiger partial charge on any atom is 0.513 e. The zero-order chi connectivity index (χ0) is 25.2. The molecule has 0 saturated carbocycles. The van der Waals surface area contributed by atoms with Crippen LogP contribution in [0.25, 0.3) is 0 Å². The zero-order valence-corrected chi connectivity index (χ0v) is 19.9. The molecule has 0 aliphatic rings. The van der Waals surface area contributed by atoms with E-state index in [9.17, 15) is 14.4 Å². The third-order valence-electron chi connectivity index (χ3n) is 5.20. The van der Waals surface area contributed by atoms with Crippen LogP contribution < -0.4 is 20.1 Å². The first kappa shape index (κ1) is 25.3. The monoisotopic (exact) mass is 476 g/mol. The van der Waals surface area contributed by atoms with E-state index < -0.39 is 6.16 Å². The summed E-state index contributed by atoms with van der Waals surface area (Å²) in [6, 6.07) is 19.0. The van der Waals surface area contributed by atoms with Crippen LogP contribution in [0.5, 0.6) is 11.5 Å². The van der Waals surface area contributed by atoms with Gasteiger partial charge in [0.1, 0.15) is 11.5 Å². The van der Waals surface area contributed by atoms with Crippen molar-refractivity contribution in [3.63, 3.8) is 0 Å². The summed E-state index contributed by atoms with van der Waals surface area (Å²) in [6.45, 7) is 6.12. The second-order valence-corrected chi connectivity index (χ2v) is 7.72. The number of carbonyl (C=O) groups is 3. The van der Waals surface area contributed by atoms with Crippen LogP contribution in [0.2, 0.25) is 0 Å². The van der Waals surface area contributed by atoms with Gasteiger partial charge >= 0.3 is 6.16 Å². The molecule has 182 valence electrons. The molecule has 0 aromatic heterocycles. The molecule has 0 aliphatic carbocycles. The van der Waals surface area contributed by atoms with Gasteiger partial charge in [0.15, 0.2) is 6.61 Å². The molecule has 35 heavy (non-hydrogen) atoms. The lowest BCUT2D eigenvalue weighted by Crippen LogP contribution is -2.28. The molecule has 0 spiro atoms. The number of anilines is 1. The number of carbonyl (C=O) groups excluding carboxylic acids is 3. The van der Waals surface area contributed by atoms with Gasteiger partial charge in [-0.1, -0.05) is 24.3 Å². The van der Waals surface area contributed by atoms with E-state index in [1.54, 1.807) is 31.2 Å². The lowest BCUT2D eigenvalue weighted by atomic mass is 10.1. The Bertz CT molecular complexity index is 1170. The van der Waals surface area contributed by atoms with Crippen molar-refractivity contribution in [3.8, 4) is 11.5 Å². The van der Waals surface area contributed by atoms with Crippen molar-refractivity contribution in [1.82, 2.24) is 5.32 Å². The molecule has 0 aliphatic heterocycles. The Kier molecular flexibility index (Phi) is 8.83. The predicted octanol–water partition coefficient (Wildman–Crippen LogP) is 4.79. The third-order valence-corrected chi connectivity index (χ3v) is 5.20. The highest BCUT2D eigenvalue weighted by molar-refractivity contribution is 6.04. The van der Waals surface area contributed by atoms with Crippen LogP contribution in [0.1, 0.15) is 34.0 Å². The van der Waals surface area contributed by atoms with Crippen molar-refractivity contribution in [1.29, 1.82) is 0 Å². The van der Waals surface area contributed by atoms with E-state index >= 15 is 0 Å². The van der Waals surface area contributed by atoms with Gasteiger partial charge in [-0.15, -0.1) is 0 Å². The Morgan fingerprint density at radius 3 is 2.29 bits per heavy atom. The second-order valence-electron chi connectivity index (χ2n) is 7.72. The molecule has 0 fully saturated rings. The molecule has 0 radical (unpaired) electrons. The van der Waals surface area contributed by atoms with Crippen LogP contribution >= 0.6 is 0 Å². The van der Waals surface area contributed by atoms with Crippen molar-refractivity contribution in [2.45, 2.75) is 27.3 Å². The smallest absolute Gasteiger partial charge is 0.483 e. The van der Waals surface area contributed by atoms with Crippen LogP contribution in [0, 0.1) is 13.8 Å². The minimum atomic E-state index is -0.796. The molecular weight excluding hydrogens is 448 g/mol. The van der Waals surface area contributed by atoms with Gasteiger partial charge in [-0.3, -0.25) is 9.59 Å². The van der Waals surface area contributed by atoms with Gasteiger partial charge in [-0.05, 0) is 79.9 Å². The lowest BCUT2D eigenvalue weighted by Gasteiger charge is -2.11. The number of hydrogen-bond donors (Lipinski definition) is 2. The average molecular weight is 477 g/mol. The SMILES string of the molecule is CCOC(=O)Oc1ccc(C(=O)Nc2ccc(CNC(=O)COc3cccc(C)c3C)cc2)cc1. The molecule has 0 heterocycles. The van der Waals surface area contributed by atoms with E-state index in [-0.39, 0.29) is 30.8 Å². The maximum absolute atomic E-state index is 12.5. The summed E-state index contributed by atoms with van der Waals surface area (Å²) in [7, 11) is 0. The first-order valence-corrected chi connectivity index (χ1v) is 11.2. The molecule has 3 aromatic rings. The highest BCUT2D eigenvalue weighted by Gasteiger charge is 2.10. The number of aryl methyl sites for hydroxylation is 1. The molecule has 8 nitrogen and oxygen atoms in total. The molecular formula is C27H28N2O6. The number of ether oxygens (including phenoxy) is 3. The van der Waals surface area contributed by atoms with Crippen molar-refractivity contribution in [2.75, 3.05) is 18.5 Å². The summed E-state index contributed by atoms with van der Waals surface area (Å²) >= 11 is 0. The zero-order valence-electron chi connectivity index (χ0n) is 19.9. The summed E-state index contributed by atoms with van der Waals surface area (Å²) in [5.74, 6) is 0.447. The van der Waals surface area contributed by atoms with E-state index in [1.165, 1.54) is 12.1 Å². The molecule has 2 amide bonds. The average Bonchev–Trinajstić information content (AvgIpc) is 2.85. The van der Waals surface area contributed by atoms with Gasteiger partial charge in [0.25, 0.3) is 11.8 Å². The van der Waals surface area contributed by atoms with Crippen LogP contribution in [0.15, 0.2) is 66.7 Å². The Morgan fingerprint density at radius 2 is 1.60 bits per heavy atom. The summed E-state index contributed by atoms with van der Waals surface area (Å²) in [5.41, 5.74) is 4.01. The van der Waals surface area contributed by atoms with Gasteiger partial charge in [0.2, 0.25) is 0 Å². The first-order valence-electron chi connectivity index (χ1n) is 11.2. The fourth-order valence-electron chi connectivity index (χ4n) is 3.10. The Balaban J connectivity index is 1.45. The van der Waals surface area contributed by atoms with Gasteiger partial charge < -0.3 is 24.8 Å². The van der Waals surface area contributed by atoms with Gasteiger partial charge in [0.05, 0.1) is 6.61 Å². The molecule has 2 N–H and O–H groups in total. The number of amides is 2. The van der Waals surface area contributed by atoms with E-state index in [0.29, 0.717) is 23.5 Å². The standard InChI is InChI=1S/C27H28N2O6/c1-4-33-27(32)35-23-14-10-21(11-15-23)26(31)29-22-12-8-20(9-13-22)16-28-25(30)17-34-24-7-5-6-18(2)19(24)3/h5-15H,4,16-17H2,1-3H3,(H,28,30)(H,29,31). The highest BCUT2D eigenvalue weighted by Crippen LogP contribution is 2.20. The molecule has 3 rings (SSSR count). The molecule has 0 unspecified atom stereocenters. The molecule has 0 bridgehead atoms. The minimum absolute atomic E-state index is 0.0674. The van der Waals surface area contributed by atoms with Crippen molar-refractivity contribution >= 4 is 23.7 Å². The van der Waals surface area contributed by atoms with Crippen molar-refractivity contribution < 1.29 is 28.6 Å². The molecule has 0 saturated heterocycles. The van der Waals surface area contributed by atoms with Crippen LogP contribution in [0.4, 0.5) is 10.5 Å².